The molecule has 0 radical (unpaired) electrons. The van der Waals surface area contributed by atoms with Crippen molar-refractivity contribution in [2.24, 2.45) is 0 Å². The summed E-state index contributed by atoms with van der Waals surface area (Å²) in [7, 11) is 3.92. The van der Waals surface area contributed by atoms with Crippen LogP contribution in [0.4, 0.5) is 0 Å². The van der Waals surface area contributed by atoms with Gasteiger partial charge < -0.3 is 14.3 Å². The molecule has 6 heteroatoms. The number of hydrogen-bond acceptors (Lipinski definition) is 4. The molecule has 1 unspecified atom stereocenters. The van der Waals surface area contributed by atoms with Gasteiger partial charge in [-0.05, 0) is 68.3 Å². The fraction of sp³-hybridized carbons (Fsp3) is 0.500. The Hall–Kier alpha value is 0.1000. The van der Waals surface area contributed by atoms with Crippen LogP contribution in [0.3, 0.4) is 0 Å². The van der Waals surface area contributed by atoms with Crippen molar-refractivity contribution < 1.29 is 9.42 Å². The predicted molar refractivity (Wildman–Crippen MR) is 82.8 cm³/mol. The van der Waals surface area contributed by atoms with Gasteiger partial charge in [0.2, 0.25) is 5.69 Å². The van der Waals surface area contributed by atoms with E-state index >= 15 is 0 Å². The average molecular weight is 305 g/mol. The molecule has 1 aromatic rings. The van der Waals surface area contributed by atoms with Gasteiger partial charge in [-0.1, -0.05) is 12.1 Å². The Bertz CT molecular complexity index is 452. The number of rotatable bonds is 6. The number of nitrogens with zero attached hydrogens (tertiary/aromatic N) is 1. The van der Waals surface area contributed by atoms with Gasteiger partial charge >= 0.3 is 0 Å². The summed E-state index contributed by atoms with van der Waals surface area (Å²) in [6.07, 6.45) is 0. The van der Waals surface area contributed by atoms with Gasteiger partial charge in [-0.15, -0.1) is 0 Å². The van der Waals surface area contributed by atoms with Gasteiger partial charge in [-0.25, -0.2) is 0 Å². The number of hydrogen-bond donors (Lipinski definition) is 1. The van der Waals surface area contributed by atoms with Crippen LogP contribution in [0.15, 0.2) is 23.1 Å². The van der Waals surface area contributed by atoms with E-state index in [-0.39, 0.29) is 0 Å². The Morgan fingerprint density at radius 2 is 2.06 bits per heavy atom. The molecule has 0 fully saturated rings. The van der Waals surface area contributed by atoms with Gasteiger partial charge in [0.25, 0.3) is 0 Å². The summed E-state index contributed by atoms with van der Waals surface area (Å²) < 4.78 is 5.44. The van der Waals surface area contributed by atoms with Crippen molar-refractivity contribution in [3.63, 3.8) is 0 Å². The van der Waals surface area contributed by atoms with Crippen molar-refractivity contribution in [1.82, 2.24) is 4.90 Å². The zero-order chi connectivity index (χ0) is 13.8. The molecule has 102 valence electrons. The van der Waals surface area contributed by atoms with Crippen molar-refractivity contribution in [3.05, 3.63) is 29.3 Å². The van der Waals surface area contributed by atoms with Crippen LogP contribution >= 0.6 is 17.1 Å². The molecule has 1 aromatic carbocycles. The molecule has 0 aliphatic rings. The second-order valence-electron chi connectivity index (χ2n) is 4.47. The molecule has 0 aliphatic heterocycles. The van der Waals surface area contributed by atoms with E-state index in [1.807, 2.05) is 51.0 Å². The summed E-state index contributed by atoms with van der Waals surface area (Å²) in [6.45, 7) is 5.25. The monoisotopic (exact) mass is 305 g/mol. The van der Waals surface area contributed by atoms with Crippen molar-refractivity contribution >= 4 is 28.9 Å². The third-order valence-electron chi connectivity index (χ3n) is 2.35. The molecule has 0 bridgehead atoms. The molecule has 0 saturated carbocycles. The second kappa shape index (κ2) is 7.04. The fourth-order valence-corrected chi connectivity index (χ4v) is 5.02. The lowest BCUT2D eigenvalue weighted by Crippen LogP contribution is -2.17. The Kier molecular flexibility index (Phi) is 6.31. The molecule has 0 amide bonds. The Morgan fingerprint density at radius 3 is 2.67 bits per heavy atom. The molecule has 18 heavy (non-hydrogen) atoms. The molecule has 0 heterocycles. The standard InChI is InChI=1S/C12H20NO2PS2/c1-10-5-6-11(2)12(9-10)18-16(14,17)15-8-7-13(3)4/h5-6,9H,7-8H2,1-4H3,(H,14,17). The van der Waals surface area contributed by atoms with Gasteiger partial charge in [0, 0.05) is 11.4 Å². The summed E-state index contributed by atoms with van der Waals surface area (Å²) in [5.41, 5.74) is -0.520. The quantitative estimate of drug-likeness (QED) is 0.816. The first-order chi connectivity index (χ1) is 8.30. The molecular weight excluding hydrogens is 285 g/mol. The Balaban J connectivity index is 2.64. The van der Waals surface area contributed by atoms with Crippen molar-refractivity contribution in [2.75, 3.05) is 27.2 Å². The molecule has 0 aromatic heterocycles. The topological polar surface area (TPSA) is 32.7 Å². The van der Waals surface area contributed by atoms with Crippen molar-refractivity contribution in [3.8, 4) is 0 Å². The van der Waals surface area contributed by atoms with Crippen LogP contribution in [0.1, 0.15) is 11.1 Å². The molecule has 1 atom stereocenters. The minimum absolute atomic E-state index is 0.457. The molecule has 1 N–H and O–H groups in total. The van der Waals surface area contributed by atoms with Gasteiger partial charge in [0.1, 0.15) is 0 Å². The fourth-order valence-electron chi connectivity index (χ4n) is 1.30. The van der Waals surface area contributed by atoms with Crippen LogP contribution in [-0.4, -0.2) is 37.0 Å². The van der Waals surface area contributed by atoms with E-state index in [9.17, 15) is 4.89 Å². The van der Waals surface area contributed by atoms with Gasteiger partial charge in [-0.3, -0.25) is 0 Å². The van der Waals surface area contributed by atoms with Gasteiger partial charge in [0.15, 0.2) is 0 Å². The highest BCUT2D eigenvalue weighted by molar-refractivity contribution is 8.67. The molecule has 0 saturated heterocycles. The lowest BCUT2D eigenvalue weighted by molar-refractivity contribution is 0.265. The smallest absolute Gasteiger partial charge is 0.249 e. The summed E-state index contributed by atoms with van der Waals surface area (Å²) in [6, 6.07) is 6.12. The van der Waals surface area contributed by atoms with Crippen LogP contribution in [0.5, 0.6) is 0 Å². The van der Waals surface area contributed by atoms with E-state index in [1.165, 1.54) is 11.4 Å². The lowest BCUT2D eigenvalue weighted by Gasteiger charge is -2.18. The first-order valence-electron chi connectivity index (χ1n) is 5.69. The van der Waals surface area contributed by atoms with E-state index in [4.69, 9.17) is 16.3 Å². The maximum Gasteiger partial charge on any atom is 0.249 e. The third kappa shape index (κ3) is 5.83. The molecule has 0 spiro atoms. The van der Waals surface area contributed by atoms with Crippen LogP contribution in [0, 0.1) is 13.8 Å². The van der Waals surface area contributed by atoms with Crippen LogP contribution in [0.25, 0.3) is 0 Å². The van der Waals surface area contributed by atoms with Crippen LogP contribution in [0.2, 0.25) is 0 Å². The highest BCUT2D eigenvalue weighted by atomic mass is 32.9. The minimum atomic E-state index is -2.79. The number of benzene rings is 1. The maximum atomic E-state index is 10.1. The molecule has 0 aliphatic carbocycles. The molecular formula is C12H20NO2PS2. The zero-order valence-electron chi connectivity index (χ0n) is 11.2. The van der Waals surface area contributed by atoms with Crippen LogP contribution < -0.4 is 0 Å². The predicted octanol–water partition coefficient (Wildman–Crippen LogP) is 3.19. The highest BCUT2D eigenvalue weighted by Crippen LogP contribution is 2.60. The Morgan fingerprint density at radius 1 is 1.39 bits per heavy atom. The lowest BCUT2D eigenvalue weighted by atomic mass is 10.2. The van der Waals surface area contributed by atoms with Gasteiger partial charge in [0.05, 0.1) is 6.61 Å². The minimum Gasteiger partial charge on any atom is -0.337 e. The number of aryl methyl sites for hydroxylation is 2. The zero-order valence-corrected chi connectivity index (χ0v) is 13.7. The van der Waals surface area contributed by atoms with E-state index in [0.717, 1.165) is 22.6 Å². The summed E-state index contributed by atoms with van der Waals surface area (Å²) in [5.74, 6) is 0. The van der Waals surface area contributed by atoms with E-state index < -0.39 is 5.69 Å². The average Bonchev–Trinajstić information content (AvgIpc) is 2.22. The Labute approximate surface area is 118 Å². The first kappa shape index (κ1) is 16.2. The molecule has 3 nitrogen and oxygen atoms in total. The SMILES string of the molecule is Cc1ccc(C)c(SP(O)(=S)OCCN(C)C)c1. The third-order valence-corrected chi connectivity index (χ3v) is 6.31. The van der Waals surface area contributed by atoms with E-state index in [2.05, 4.69) is 0 Å². The second-order valence-corrected chi connectivity index (χ2v) is 10.5. The highest BCUT2D eigenvalue weighted by Gasteiger charge is 2.17. The molecule has 1 rings (SSSR count). The first-order valence-corrected chi connectivity index (χ1v) is 9.78. The van der Waals surface area contributed by atoms with E-state index in [1.54, 1.807) is 0 Å². The largest absolute Gasteiger partial charge is 0.337 e. The van der Waals surface area contributed by atoms with E-state index in [0.29, 0.717) is 6.61 Å². The normalized spacial score (nSPS) is 14.8. The van der Waals surface area contributed by atoms with Crippen molar-refractivity contribution in [1.29, 1.82) is 0 Å². The summed E-state index contributed by atoms with van der Waals surface area (Å²) >= 11 is 6.45. The summed E-state index contributed by atoms with van der Waals surface area (Å²) in [5, 5.41) is 0. The van der Waals surface area contributed by atoms with Gasteiger partial charge in [-0.2, -0.15) is 0 Å². The maximum absolute atomic E-state index is 10.1. The summed E-state index contributed by atoms with van der Waals surface area (Å²) in [4.78, 5) is 13.1. The number of likely N-dealkylation sites (N-methyl/N-ethyl adjacent to an activating group) is 1. The van der Waals surface area contributed by atoms with Crippen LogP contribution in [-0.2, 0) is 16.3 Å². The van der Waals surface area contributed by atoms with Crippen molar-refractivity contribution in [2.45, 2.75) is 18.7 Å².